The Morgan fingerprint density at radius 1 is 0.667 bits per heavy atom. The summed E-state index contributed by atoms with van der Waals surface area (Å²) in [6, 6.07) is 40.4. The van der Waals surface area contributed by atoms with Crippen LogP contribution in [0, 0.1) is 6.08 Å². The van der Waals surface area contributed by atoms with Gasteiger partial charge in [0.15, 0.2) is 0 Å². The summed E-state index contributed by atoms with van der Waals surface area (Å²) in [7, 11) is -0.981. The SMILES string of the molecule is C[Si](C)(C)C1=CC[C-]=C1.[Zr+2]=[C](c1ccccc1)c1ccccc1.c1ccc2c(c1)[cH-]c1ccccc12. The van der Waals surface area contributed by atoms with Gasteiger partial charge < -0.3 is 0 Å². The maximum Gasteiger partial charge on any atom is -0.0771 e. The van der Waals surface area contributed by atoms with Gasteiger partial charge in [-0.25, -0.2) is 11.3 Å². The molecule has 0 spiro atoms. The molecule has 0 saturated heterocycles. The maximum atomic E-state index is 3.20. The minimum absolute atomic E-state index is 0.981. The fourth-order valence-corrected chi connectivity index (χ4v) is 6.27. The maximum absolute atomic E-state index is 3.20. The summed E-state index contributed by atoms with van der Waals surface area (Å²) in [5, 5.41) is 6.95. The molecule has 6 rings (SSSR count). The molecule has 0 fully saturated rings. The van der Waals surface area contributed by atoms with Gasteiger partial charge in [0.1, 0.15) is 0 Å². The molecular formula is C34H32SiZr. The normalized spacial score (nSPS) is 12.4. The van der Waals surface area contributed by atoms with Gasteiger partial charge in [-0.3, -0.25) is 6.08 Å². The fraction of sp³-hybridized carbons (Fsp3) is 0.118. The van der Waals surface area contributed by atoms with Crippen LogP contribution in [0.25, 0.3) is 21.5 Å². The van der Waals surface area contributed by atoms with Crippen LogP contribution in [0.3, 0.4) is 0 Å². The van der Waals surface area contributed by atoms with Crippen molar-refractivity contribution in [1.82, 2.24) is 0 Å². The van der Waals surface area contributed by atoms with Crippen LogP contribution in [0.2, 0.25) is 19.6 Å². The van der Waals surface area contributed by atoms with E-state index in [1.54, 1.807) is 5.20 Å². The van der Waals surface area contributed by atoms with E-state index in [1.165, 1.54) is 60.1 Å². The van der Waals surface area contributed by atoms with Crippen LogP contribution in [-0.4, -0.2) is 11.3 Å². The van der Waals surface area contributed by atoms with E-state index in [-0.39, 0.29) is 0 Å². The fourth-order valence-electron chi connectivity index (χ4n) is 4.20. The summed E-state index contributed by atoms with van der Waals surface area (Å²) < 4.78 is 1.42. The number of hydrogen-bond acceptors (Lipinski definition) is 0. The summed E-state index contributed by atoms with van der Waals surface area (Å²) in [6.45, 7) is 7.09. The van der Waals surface area contributed by atoms with E-state index in [4.69, 9.17) is 0 Å². The van der Waals surface area contributed by atoms with Crippen molar-refractivity contribution in [3.63, 3.8) is 0 Å². The van der Waals surface area contributed by atoms with Gasteiger partial charge in [0, 0.05) is 0 Å². The van der Waals surface area contributed by atoms with Crippen molar-refractivity contribution < 1.29 is 24.2 Å². The molecule has 0 unspecified atom stereocenters. The molecule has 0 amide bonds. The minimum atomic E-state index is -0.981. The summed E-state index contributed by atoms with van der Waals surface area (Å²) >= 11 is 1.46. The van der Waals surface area contributed by atoms with Crippen molar-refractivity contribution in [1.29, 1.82) is 0 Å². The third kappa shape index (κ3) is 6.90. The Bertz CT molecular complexity index is 1390. The zero-order chi connectivity index (χ0) is 25.4. The molecule has 36 heavy (non-hydrogen) atoms. The van der Waals surface area contributed by atoms with Crippen molar-refractivity contribution in [3.05, 3.63) is 150 Å². The minimum Gasteiger partial charge on any atom is -0.126 e. The smallest absolute Gasteiger partial charge is 0.0771 e. The Labute approximate surface area is 231 Å². The van der Waals surface area contributed by atoms with Gasteiger partial charge in [0.2, 0.25) is 0 Å². The van der Waals surface area contributed by atoms with Crippen molar-refractivity contribution in [2.24, 2.45) is 0 Å². The zero-order valence-corrected chi connectivity index (χ0v) is 24.8. The molecule has 1 aliphatic rings. The molecule has 0 radical (unpaired) electrons. The first-order valence-corrected chi connectivity index (χ1v) is 17.2. The number of allylic oxidation sites excluding steroid dienone is 4. The molecule has 0 heterocycles. The van der Waals surface area contributed by atoms with E-state index in [2.05, 4.69) is 153 Å². The molecule has 176 valence electrons. The average molecular weight is 560 g/mol. The summed E-state index contributed by atoms with van der Waals surface area (Å²) in [4.78, 5) is 0. The number of fused-ring (bicyclic) bond motifs is 3. The van der Waals surface area contributed by atoms with E-state index >= 15 is 0 Å². The third-order valence-corrected chi connectivity index (χ3v) is 9.71. The summed E-state index contributed by atoms with van der Waals surface area (Å²) in [6.07, 6.45) is 8.69. The van der Waals surface area contributed by atoms with Crippen LogP contribution in [0.5, 0.6) is 0 Å². The molecule has 5 aromatic rings. The van der Waals surface area contributed by atoms with Gasteiger partial charge in [-0.05, 0) is 8.07 Å². The topological polar surface area (TPSA) is 0 Å². The third-order valence-electron chi connectivity index (χ3n) is 6.21. The van der Waals surface area contributed by atoms with Crippen molar-refractivity contribution in [2.45, 2.75) is 26.1 Å². The molecule has 5 aromatic carbocycles. The van der Waals surface area contributed by atoms with Crippen LogP contribution in [0.15, 0.2) is 133 Å². The van der Waals surface area contributed by atoms with Crippen molar-refractivity contribution in [2.75, 3.05) is 0 Å². The molecule has 0 aromatic heterocycles. The van der Waals surface area contributed by atoms with E-state index in [9.17, 15) is 0 Å². The predicted octanol–water partition coefficient (Wildman–Crippen LogP) is 9.07. The van der Waals surface area contributed by atoms with Crippen LogP contribution in [0.1, 0.15) is 17.5 Å². The molecule has 1 aliphatic carbocycles. The molecule has 0 aliphatic heterocycles. The quantitative estimate of drug-likeness (QED) is 0.153. The Morgan fingerprint density at radius 3 is 1.50 bits per heavy atom. The van der Waals surface area contributed by atoms with Gasteiger partial charge >= 0.3 is 99.2 Å². The van der Waals surface area contributed by atoms with E-state index < -0.39 is 8.07 Å². The van der Waals surface area contributed by atoms with E-state index in [1.807, 2.05) is 0 Å². The Hall–Kier alpha value is -2.80. The van der Waals surface area contributed by atoms with Crippen LogP contribution in [0.4, 0.5) is 0 Å². The summed E-state index contributed by atoms with van der Waals surface area (Å²) in [5.41, 5.74) is 2.66. The van der Waals surface area contributed by atoms with Gasteiger partial charge in [-0.2, -0.15) is 6.08 Å². The van der Waals surface area contributed by atoms with E-state index in [0.717, 1.165) is 6.42 Å². The molecule has 0 saturated carbocycles. The molecule has 0 N–H and O–H groups in total. The largest absolute Gasteiger partial charge is 0.126 e. The Balaban J connectivity index is 0.000000130. The van der Waals surface area contributed by atoms with Gasteiger partial charge in [0.25, 0.3) is 0 Å². The van der Waals surface area contributed by atoms with E-state index in [0.29, 0.717) is 0 Å². The molecule has 2 heteroatoms. The molecule has 0 bridgehead atoms. The Kier molecular flexibility index (Phi) is 9.08. The Morgan fingerprint density at radius 2 is 1.11 bits per heavy atom. The molecule has 0 atom stereocenters. The second kappa shape index (κ2) is 12.4. The number of benzene rings is 4. The number of hydrogen-bond donors (Lipinski definition) is 0. The van der Waals surface area contributed by atoms with Crippen LogP contribution < -0.4 is 0 Å². The molecular weight excluding hydrogens is 528 g/mol. The average Bonchev–Trinajstić information content (AvgIpc) is 3.59. The monoisotopic (exact) mass is 558 g/mol. The van der Waals surface area contributed by atoms with Gasteiger partial charge in [-0.1, -0.05) is 56.0 Å². The number of rotatable bonds is 3. The second-order valence-electron chi connectivity index (χ2n) is 9.89. The summed E-state index contributed by atoms with van der Waals surface area (Å²) in [5.74, 6) is 0. The zero-order valence-electron chi connectivity index (χ0n) is 21.3. The van der Waals surface area contributed by atoms with Crippen LogP contribution >= 0.6 is 0 Å². The van der Waals surface area contributed by atoms with Crippen molar-refractivity contribution in [3.8, 4) is 0 Å². The first kappa shape index (κ1) is 26.3. The first-order chi connectivity index (χ1) is 17.4. The molecule has 0 nitrogen and oxygen atoms in total. The van der Waals surface area contributed by atoms with Gasteiger partial charge in [-0.15, -0.1) is 46.2 Å². The standard InChI is InChI=1S/C13H9.C13H10.C8H13Si.Zr/c1-3-7-12-10(5-1)9-11-6-2-4-8-13(11)12;1-3-7-12(8-4-1)11-13-9-5-2-6-10-13;1-9(2,3)8-6-4-5-7-8;/h1-9H;1-10H;6-7H,4H2,1-3H3;/q-1;;-1;+2. The second-order valence-corrected chi connectivity index (χ2v) is 16.2. The predicted molar refractivity (Wildman–Crippen MR) is 157 cm³/mol. The van der Waals surface area contributed by atoms with Crippen molar-refractivity contribution >= 4 is 32.8 Å². The van der Waals surface area contributed by atoms with Crippen LogP contribution in [-0.2, 0) is 24.2 Å². The first-order valence-electron chi connectivity index (χ1n) is 12.4. The van der Waals surface area contributed by atoms with Gasteiger partial charge in [0.05, 0.1) is 0 Å².